The Labute approximate surface area is 128 Å². The van der Waals surface area contributed by atoms with Gasteiger partial charge in [-0.25, -0.2) is 0 Å². The van der Waals surface area contributed by atoms with Gasteiger partial charge < -0.3 is 15.8 Å². The number of carbonyl (C=O) groups is 1. The molecule has 1 atom stereocenters. The first-order chi connectivity index (χ1) is 9.95. The summed E-state index contributed by atoms with van der Waals surface area (Å²) in [6.45, 7) is 3.67. The fourth-order valence-electron chi connectivity index (χ4n) is 1.76. The van der Waals surface area contributed by atoms with Gasteiger partial charge in [0.25, 0.3) is 5.91 Å². The SMILES string of the molecule is Cc1ccc(OC(C)C(=O)Nc2ccc(Cl)cc2N)cc1. The van der Waals surface area contributed by atoms with Crippen LogP contribution in [0.1, 0.15) is 12.5 Å². The monoisotopic (exact) mass is 304 g/mol. The summed E-state index contributed by atoms with van der Waals surface area (Å²) < 4.78 is 5.59. The van der Waals surface area contributed by atoms with E-state index in [4.69, 9.17) is 22.1 Å². The molecule has 0 fully saturated rings. The van der Waals surface area contributed by atoms with Gasteiger partial charge >= 0.3 is 0 Å². The van der Waals surface area contributed by atoms with Gasteiger partial charge in [0.2, 0.25) is 0 Å². The summed E-state index contributed by atoms with van der Waals surface area (Å²) in [7, 11) is 0. The Morgan fingerprint density at radius 3 is 2.52 bits per heavy atom. The maximum atomic E-state index is 12.1. The molecule has 0 aliphatic carbocycles. The van der Waals surface area contributed by atoms with E-state index >= 15 is 0 Å². The number of hydrogen-bond acceptors (Lipinski definition) is 3. The van der Waals surface area contributed by atoms with Crippen LogP contribution in [-0.4, -0.2) is 12.0 Å². The van der Waals surface area contributed by atoms with Gasteiger partial charge in [-0.3, -0.25) is 4.79 Å². The number of ether oxygens (including phenoxy) is 1. The van der Waals surface area contributed by atoms with Crippen molar-refractivity contribution in [2.75, 3.05) is 11.1 Å². The summed E-state index contributed by atoms with van der Waals surface area (Å²) in [5, 5.41) is 3.24. The molecular formula is C16H17ClN2O2. The van der Waals surface area contributed by atoms with Crippen LogP contribution in [0.15, 0.2) is 42.5 Å². The van der Waals surface area contributed by atoms with Crippen molar-refractivity contribution in [3.05, 3.63) is 53.1 Å². The number of amides is 1. The zero-order chi connectivity index (χ0) is 15.4. The third-order valence-corrected chi connectivity index (χ3v) is 3.21. The van der Waals surface area contributed by atoms with Gasteiger partial charge in [-0.1, -0.05) is 29.3 Å². The molecule has 0 aliphatic rings. The largest absolute Gasteiger partial charge is 0.481 e. The highest BCUT2D eigenvalue weighted by Gasteiger charge is 2.15. The molecule has 0 radical (unpaired) electrons. The molecule has 3 N–H and O–H groups in total. The lowest BCUT2D eigenvalue weighted by Gasteiger charge is -2.15. The molecule has 2 aromatic rings. The van der Waals surface area contributed by atoms with E-state index in [1.807, 2.05) is 31.2 Å². The number of carbonyl (C=O) groups excluding carboxylic acids is 1. The summed E-state index contributed by atoms with van der Waals surface area (Å²) >= 11 is 5.82. The van der Waals surface area contributed by atoms with Crippen LogP contribution in [0.5, 0.6) is 5.75 Å². The van der Waals surface area contributed by atoms with Crippen LogP contribution in [0.3, 0.4) is 0 Å². The average Bonchev–Trinajstić information content (AvgIpc) is 2.44. The summed E-state index contributed by atoms with van der Waals surface area (Å²) in [6.07, 6.45) is -0.636. The maximum Gasteiger partial charge on any atom is 0.265 e. The fourth-order valence-corrected chi connectivity index (χ4v) is 1.94. The highest BCUT2D eigenvalue weighted by molar-refractivity contribution is 6.31. The van der Waals surface area contributed by atoms with Crippen molar-refractivity contribution in [2.24, 2.45) is 0 Å². The Morgan fingerprint density at radius 1 is 1.24 bits per heavy atom. The summed E-state index contributed by atoms with van der Waals surface area (Å²) in [5.41, 5.74) is 7.86. The lowest BCUT2D eigenvalue weighted by atomic mass is 10.2. The molecule has 0 saturated heterocycles. The number of halogens is 1. The minimum Gasteiger partial charge on any atom is -0.481 e. The van der Waals surface area contributed by atoms with Crippen molar-refractivity contribution >= 4 is 28.9 Å². The Balaban J connectivity index is 2.00. The number of nitrogen functional groups attached to an aromatic ring is 1. The highest BCUT2D eigenvalue weighted by atomic mass is 35.5. The minimum atomic E-state index is -0.636. The van der Waals surface area contributed by atoms with Crippen molar-refractivity contribution in [3.8, 4) is 5.75 Å². The lowest BCUT2D eigenvalue weighted by molar-refractivity contribution is -0.122. The normalized spacial score (nSPS) is 11.8. The van der Waals surface area contributed by atoms with Gasteiger partial charge in [-0.2, -0.15) is 0 Å². The molecule has 2 rings (SSSR count). The molecule has 0 saturated carbocycles. The maximum absolute atomic E-state index is 12.1. The molecule has 110 valence electrons. The fraction of sp³-hybridized carbons (Fsp3) is 0.188. The van der Waals surface area contributed by atoms with E-state index in [1.54, 1.807) is 25.1 Å². The van der Waals surface area contributed by atoms with Gasteiger partial charge in [0, 0.05) is 5.02 Å². The Kier molecular flexibility index (Phi) is 4.70. The van der Waals surface area contributed by atoms with Gasteiger partial charge in [0.05, 0.1) is 11.4 Å². The molecule has 21 heavy (non-hydrogen) atoms. The molecule has 1 amide bonds. The van der Waals surface area contributed by atoms with Crippen molar-refractivity contribution in [1.29, 1.82) is 0 Å². The molecule has 0 heterocycles. The molecule has 5 heteroatoms. The van der Waals surface area contributed by atoms with Gasteiger partial charge in [0.1, 0.15) is 5.75 Å². The average molecular weight is 305 g/mol. The van der Waals surface area contributed by atoms with E-state index < -0.39 is 6.10 Å². The molecule has 0 spiro atoms. The first-order valence-corrected chi connectivity index (χ1v) is 6.92. The summed E-state index contributed by atoms with van der Waals surface area (Å²) in [5.74, 6) is 0.372. The zero-order valence-electron chi connectivity index (χ0n) is 11.9. The molecule has 4 nitrogen and oxygen atoms in total. The first-order valence-electron chi connectivity index (χ1n) is 6.55. The van der Waals surface area contributed by atoms with Crippen LogP contribution in [0.25, 0.3) is 0 Å². The van der Waals surface area contributed by atoms with Crippen molar-refractivity contribution in [1.82, 2.24) is 0 Å². The third-order valence-electron chi connectivity index (χ3n) is 2.97. The Bertz CT molecular complexity index is 641. The van der Waals surface area contributed by atoms with Crippen LogP contribution >= 0.6 is 11.6 Å². The van der Waals surface area contributed by atoms with E-state index in [0.29, 0.717) is 22.1 Å². The number of nitrogens with two attached hydrogens (primary N) is 1. The van der Waals surface area contributed by atoms with Crippen molar-refractivity contribution in [3.63, 3.8) is 0 Å². The van der Waals surface area contributed by atoms with Crippen LogP contribution in [-0.2, 0) is 4.79 Å². The second-order valence-corrected chi connectivity index (χ2v) is 5.23. The van der Waals surface area contributed by atoms with Gasteiger partial charge in [-0.05, 0) is 44.2 Å². The Hall–Kier alpha value is -2.20. The predicted octanol–water partition coefficient (Wildman–Crippen LogP) is 3.64. The molecule has 1 unspecified atom stereocenters. The van der Waals surface area contributed by atoms with Crippen LogP contribution in [0, 0.1) is 6.92 Å². The van der Waals surface area contributed by atoms with Gasteiger partial charge in [0.15, 0.2) is 6.10 Å². The topological polar surface area (TPSA) is 64.3 Å². The Morgan fingerprint density at radius 2 is 1.90 bits per heavy atom. The van der Waals surface area contributed by atoms with E-state index in [1.165, 1.54) is 0 Å². The summed E-state index contributed by atoms with van der Waals surface area (Å²) in [6, 6.07) is 12.4. The van der Waals surface area contributed by atoms with Crippen molar-refractivity contribution < 1.29 is 9.53 Å². The van der Waals surface area contributed by atoms with Crippen LogP contribution in [0.2, 0.25) is 5.02 Å². The third kappa shape index (κ3) is 4.13. The molecule has 0 aliphatic heterocycles. The zero-order valence-corrected chi connectivity index (χ0v) is 12.6. The number of aryl methyl sites for hydroxylation is 1. The first kappa shape index (κ1) is 15.2. The standard InChI is InChI=1S/C16H17ClN2O2/c1-10-3-6-13(7-4-10)21-11(2)16(20)19-15-8-5-12(17)9-14(15)18/h3-9,11H,18H2,1-2H3,(H,19,20). The van der Waals surface area contributed by atoms with Crippen molar-refractivity contribution in [2.45, 2.75) is 20.0 Å². The molecule has 0 aromatic heterocycles. The van der Waals surface area contributed by atoms with E-state index in [-0.39, 0.29) is 5.91 Å². The number of hydrogen-bond donors (Lipinski definition) is 2. The smallest absolute Gasteiger partial charge is 0.265 e. The van der Waals surface area contributed by atoms with E-state index in [9.17, 15) is 4.79 Å². The van der Waals surface area contributed by atoms with E-state index in [2.05, 4.69) is 5.32 Å². The number of benzene rings is 2. The predicted molar refractivity (Wildman–Crippen MR) is 85.8 cm³/mol. The molecule has 2 aromatic carbocycles. The second-order valence-electron chi connectivity index (χ2n) is 4.79. The molecule has 0 bridgehead atoms. The number of anilines is 2. The van der Waals surface area contributed by atoms with Crippen LogP contribution < -0.4 is 15.8 Å². The molecular weight excluding hydrogens is 288 g/mol. The lowest BCUT2D eigenvalue weighted by Crippen LogP contribution is -2.30. The minimum absolute atomic E-state index is 0.274. The number of rotatable bonds is 4. The number of nitrogens with one attached hydrogen (secondary N) is 1. The highest BCUT2D eigenvalue weighted by Crippen LogP contribution is 2.23. The quantitative estimate of drug-likeness (QED) is 0.848. The van der Waals surface area contributed by atoms with Gasteiger partial charge in [-0.15, -0.1) is 0 Å². The second kappa shape index (κ2) is 6.50. The van der Waals surface area contributed by atoms with Crippen LogP contribution in [0.4, 0.5) is 11.4 Å². The van der Waals surface area contributed by atoms with E-state index in [0.717, 1.165) is 5.56 Å². The summed E-state index contributed by atoms with van der Waals surface area (Å²) in [4.78, 5) is 12.1.